The molecule has 1 rings (SSSR count). The van der Waals surface area contributed by atoms with E-state index in [1.54, 1.807) is 0 Å². The van der Waals surface area contributed by atoms with Gasteiger partial charge in [0.15, 0.2) is 0 Å². The van der Waals surface area contributed by atoms with E-state index < -0.39 is 0 Å². The van der Waals surface area contributed by atoms with Crippen LogP contribution in [0, 0.1) is 5.92 Å². The Bertz CT molecular complexity index is 156. The number of hydrogen-bond donors (Lipinski definition) is 1. The Morgan fingerprint density at radius 1 is 1.80 bits per heavy atom. The van der Waals surface area contributed by atoms with Gasteiger partial charge in [0, 0.05) is 12.2 Å². The summed E-state index contributed by atoms with van der Waals surface area (Å²) >= 11 is 0. The average molecular weight is 137 g/mol. The number of rotatable bonds is 2. The van der Waals surface area contributed by atoms with Crippen molar-refractivity contribution in [2.24, 2.45) is 5.92 Å². The normalized spacial score (nSPS) is 25.0. The van der Waals surface area contributed by atoms with Crippen molar-refractivity contribution in [1.82, 2.24) is 5.32 Å². The Labute approximate surface area is 62.8 Å². The van der Waals surface area contributed by atoms with Gasteiger partial charge in [-0.3, -0.25) is 0 Å². The fraction of sp³-hybridized carbons (Fsp3) is 0.556. The highest BCUT2D eigenvalue weighted by Gasteiger charge is 2.06. The van der Waals surface area contributed by atoms with Crippen LogP contribution < -0.4 is 5.32 Å². The maximum atomic E-state index is 3.32. The summed E-state index contributed by atoms with van der Waals surface area (Å²) in [5, 5.41) is 3.32. The standard InChI is InChI=1S/C9H15N/c1-3-4-5-9-6-8(2)7-10-9/h4-6,8,10H,3,7H2,1-2H3/b5-4-. The van der Waals surface area contributed by atoms with Gasteiger partial charge in [-0.2, -0.15) is 0 Å². The third-order valence-corrected chi connectivity index (χ3v) is 1.63. The molecule has 0 saturated heterocycles. The fourth-order valence-corrected chi connectivity index (χ4v) is 1.06. The molecule has 1 heteroatoms. The molecule has 0 amide bonds. The van der Waals surface area contributed by atoms with Crippen LogP contribution in [-0.2, 0) is 0 Å². The first-order valence-corrected chi connectivity index (χ1v) is 3.95. The van der Waals surface area contributed by atoms with Crippen LogP contribution in [0.1, 0.15) is 20.3 Å². The highest BCUT2D eigenvalue weighted by Crippen LogP contribution is 2.09. The molecule has 0 aliphatic carbocycles. The van der Waals surface area contributed by atoms with E-state index in [-0.39, 0.29) is 0 Å². The van der Waals surface area contributed by atoms with Gasteiger partial charge in [0.1, 0.15) is 0 Å². The Morgan fingerprint density at radius 2 is 2.60 bits per heavy atom. The minimum absolute atomic E-state index is 0.705. The second kappa shape index (κ2) is 3.45. The number of nitrogens with one attached hydrogen (secondary N) is 1. The van der Waals surface area contributed by atoms with Gasteiger partial charge in [-0.25, -0.2) is 0 Å². The molecule has 1 unspecified atom stereocenters. The van der Waals surface area contributed by atoms with Crippen molar-refractivity contribution >= 4 is 0 Å². The topological polar surface area (TPSA) is 12.0 Å². The van der Waals surface area contributed by atoms with Crippen molar-refractivity contribution in [3.8, 4) is 0 Å². The number of hydrogen-bond acceptors (Lipinski definition) is 1. The molecule has 0 aromatic carbocycles. The molecule has 1 heterocycles. The summed E-state index contributed by atoms with van der Waals surface area (Å²) in [6.07, 6.45) is 7.72. The highest BCUT2D eigenvalue weighted by atomic mass is 14.9. The van der Waals surface area contributed by atoms with Gasteiger partial charge < -0.3 is 5.32 Å². The Balaban J connectivity index is 2.42. The molecule has 0 fully saturated rings. The third kappa shape index (κ3) is 1.90. The highest BCUT2D eigenvalue weighted by molar-refractivity contribution is 5.21. The minimum Gasteiger partial charge on any atom is -0.385 e. The minimum atomic E-state index is 0.705. The van der Waals surface area contributed by atoms with Crippen LogP contribution in [0.4, 0.5) is 0 Å². The molecule has 0 saturated carbocycles. The lowest BCUT2D eigenvalue weighted by Crippen LogP contribution is -2.08. The van der Waals surface area contributed by atoms with Crippen LogP contribution in [0.15, 0.2) is 23.9 Å². The summed E-state index contributed by atoms with van der Waals surface area (Å²) < 4.78 is 0. The molecular weight excluding hydrogens is 122 g/mol. The maximum absolute atomic E-state index is 3.32. The molecule has 1 aliphatic rings. The summed E-state index contributed by atoms with van der Waals surface area (Å²) in [5.41, 5.74) is 1.29. The molecular formula is C9H15N. The lowest BCUT2D eigenvalue weighted by molar-refractivity contribution is 0.719. The van der Waals surface area contributed by atoms with Gasteiger partial charge >= 0.3 is 0 Å². The van der Waals surface area contributed by atoms with E-state index in [0.717, 1.165) is 13.0 Å². The first-order valence-electron chi connectivity index (χ1n) is 3.95. The fourth-order valence-electron chi connectivity index (χ4n) is 1.06. The van der Waals surface area contributed by atoms with Crippen molar-refractivity contribution in [3.05, 3.63) is 23.9 Å². The van der Waals surface area contributed by atoms with Gasteiger partial charge in [0.25, 0.3) is 0 Å². The largest absolute Gasteiger partial charge is 0.385 e. The van der Waals surface area contributed by atoms with Crippen LogP contribution in [0.5, 0.6) is 0 Å². The average Bonchev–Trinajstić information content (AvgIpc) is 2.31. The van der Waals surface area contributed by atoms with Crippen LogP contribution >= 0.6 is 0 Å². The summed E-state index contributed by atoms with van der Waals surface area (Å²) in [6, 6.07) is 0. The van der Waals surface area contributed by atoms with E-state index in [1.807, 2.05) is 0 Å². The zero-order chi connectivity index (χ0) is 7.40. The monoisotopic (exact) mass is 137 g/mol. The van der Waals surface area contributed by atoms with E-state index in [0.29, 0.717) is 5.92 Å². The Hall–Kier alpha value is -0.720. The zero-order valence-electron chi connectivity index (χ0n) is 6.72. The van der Waals surface area contributed by atoms with Gasteiger partial charge in [0.05, 0.1) is 0 Å². The van der Waals surface area contributed by atoms with Crippen molar-refractivity contribution in [2.75, 3.05) is 6.54 Å². The predicted molar refractivity (Wildman–Crippen MR) is 44.7 cm³/mol. The molecule has 56 valence electrons. The van der Waals surface area contributed by atoms with Crippen LogP contribution in [0.3, 0.4) is 0 Å². The molecule has 1 N–H and O–H groups in total. The molecule has 0 aromatic rings. The smallest absolute Gasteiger partial charge is 0.0299 e. The molecule has 1 atom stereocenters. The first kappa shape index (κ1) is 7.39. The van der Waals surface area contributed by atoms with Crippen LogP contribution in [0.25, 0.3) is 0 Å². The summed E-state index contributed by atoms with van der Waals surface area (Å²) in [6.45, 7) is 5.47. The second-order valence-electron chi connectivity index (χ2n) is 2.79. The molecule has 0 radical (unpaired) electrons. The van der Waals surface area contributed by atoms with Gasteiger partial charge in [0.2, 0.25) is 0 Å². The van der Waals surface area contributed by atoms with Gasteiger partial charge in [-0.1, -0.05) is 26.0 Å². The lowest BCUT2D eigenvalue weighted by atomic mass is 10.2. The quantitative estimate of drug-likeness (QED) is 0.614. The van der Waals surface area contributed by atoms with Crippen molar-refractivity contribution in [3.63, 3.8) is 0 Å². The maximum Gasteiger partial charge on any atom is 0.0299 e. The van der Waals surface area contributed by atoms with Gasteiger partial charge in [-0.15, -0.1) is 0 Å². The molecule has 1 aliphatic heterocycles. The second-order valence-corrected chi connectivity index (χ2v) is 2.79. The van der Waals surface area contributed by atoms with Crippen molar-refractivity contribution < 1.29 is 0 Å². The van der Waals surface area contributed by atoms with E-state index in [2.05, 4.69) is 37.4 Å². The van der Waals surface area contributed by atoms with Gasteiger partial charge in [-0.05, 0) is 18.4 Å². The Morgan fingerprint density at radius 3 is 3.10 bits per heavy atom. The summed E-state index contributed by atoms with van der Waals surface area (Å²) in [7, 11) is 0. The number of allylic oxidation sites excluding steroid dienone is 2. The molecule has 0 aromatic heterocycles. The van der Waals surface area contributed by atoms with E-state index >= 15 is 0 Å². The van der Waals surface area contributed by atoms with E-state index in [1.165, 1.54) is 5.70 Å². The van der Waals surface area contributed by atoms with Crippen LogP contribution in [-0.4, -0.2) is 6.54 Å². The predicted octanol–water partition coefficient (Wildman–Crippen LogP) is 2.08. The van der Waals surface area contributed by atoms with Crippen molar-refractivity contribution in [2.45, 2.75) is 20.3 Å². The van der Waals surface area contributed by atoms with Crippen LogP contribution in [0.2, 0.25) is 0 Å². The molecule has 0 bridgehead atoms. The van der Waals surface area contributed by atoms with E-state index in [9.17, 15) is 0 Å². The van der Waals surface area contributed by atoms with E-state index in [4.69, 9.17) is 0 Å². The first-order chi connectivity index (χ1) is 4.83. The SMILES string of the molecule is CC/C=C\C1=CC(C)CN1. The Kier molecular flexibility index (Phi) is 2.55. The molecule has 0 spiro atoms. The molecule has 10 heavy (non-hydrogen) atoms. The van der Waals surface area contributed by atoms with Crippen molar-refractivity contribution in [1.29, 1.82) is 0 Å². The third-order valence-electron chi connectivity index (χ3n) is 1.63. The lowest BCUT2D eigenvalue weighted by Gasteiger charge is -1.95. The summed E-state index contributed by atoms with van der Waals surface area (Å²) in [5.74, 6) is 0.705. The molecule has 1 nitrogen and oxygen atoms in total. The zero-order valence-corrected chi connectivity index (χ0v) is 6.72. The summed E-state index contributed by atoms with van der Waals surface area (Å²) in [4.78, 5) is 0.